The van der Waals surface area contributed by atoms with Crippen LogP contribution in [0.1, 0.15) is 36.0 Å². The summed E-state index contributed by atoms with van der Waals surface area (Å²) in [6.07, 6.45) is 5.88. The molecule has 1 N–H and O–H groups in total. The van der Waals surface area contributed by atoms with Gasteiger partial charge in [0.15, 0.2) is 0 Å². The van der Waals surface area contributed by atoms with E-state index in [-0.39, 0.29) is 24.4 Å². The molecule has 152 valence electrons. The number of nitrogens with zero attached hydrogens (tertiary/aromatic N) is 4. The number of piperidine rings is 1. The molecule has 1 unspecified atom stereocenters. The minimum Gasteiger partial charge on any atom is -0.379 e. The summed E-state index contributed by atoms with van der Waals surface area (Å²) in [6.45, 7) is 5.58. The Balaban J connectivity index is 1.46. The molecule has 0 bridgehead atoms. The first-order valence-electron chi connectivity index (χ1n) is 10.2. The molecule has 1 atom stereocenters. The number of hydrogen-bond acceptors (Lipinski definition) is 6. The molecule has 0 spiro atoms. The van der Waals surface area contributed by atoms with Crippen molar-refractivity contribution >= 4 is 23.3 Å². The van der Waals surface area contributed by atoms with Crippen LogP contribution in [0.5, 0.6) is 0 Å². The molecule has 0 aliphatic carbocycles. The average molecular weight is 387 g/mol. The summed E-state index contributed by atoms with van der Waals surface area (Å²) in [7, 11) is 1.73. The lowest BCUT2D eigenvalue weighted by Gasteiger charge is -2.37. The highest BCUT2D eigenvalue weighted by Crippen LogP contribution is 2.29. The highest BCUT2D eigenvalue weighted by Gasteiger charge is 2.30. The van der Waals surface area contributed by atoms with E-state index in [9.17, 15) is 9.59 Å². The summed E-state index contributed by atoms with van der Waals surface area (Å²) in [5.74, 6) is 0.648. The third-order valence-electron chi connectivity index (χ3n) is 6.03. The zero-order valence-electron chi connectivity index (χ0n) is 16.5. The number of aromatic nitrogens is 1. The van der Waals surface area contributed by atoms with Gasteiger partial charge >= 0.3 is 0 Å². The number of likely N-dealkylation sites (N-methyl/N-ethyl adjacent to an activating group) is 1. The standard InChI is InChI=1S/C20H29N5O3/c1-23-17-12-15(13-21-19(17)22-14-18(23)26)20(27)25-6-3-2-4-16(25)5-7-24-8-10-28-11-9-24/h12-13,16H,2-11,14H2,1H3,(H,21,22). The molecule has 28 heavy (non-hydrogen) atoms. The first-order valence-corrected chi connectivity index (χ1v) is 10.2. The van der Waals surface area contributed by atoms with Gasteiger partial charge in [-0.2, -0.15) is 0 Å². The molecule has 4 heterocycles. The van der Waals surface area contributed by atoms with Gasteiger partial charge in [-0.3, -0.25) is 14.5 Å². The molecular weight excluding hydrogens is 358 g/mol. The van der Waals surface area contributed by atoms with Crippen molar-refractivity contribution in [1.82, 2.24) is 14.8 Å². The van der Waals surface area contributed by atoms with Crippen molar-refractivity contribution in [2.24, 2.45) is 0 Å². The van der Waals surface area contributed by atoms with E-state index in [1.807, 2.05) is 4.90 Å². The van der Waals surface area contributed by atoms with E-state index in [1.165, 1.54) is 6.42 Å². The largest absolute Gasteiger partial charge is 0.379 e. The van der Waals surface area contributed by atoms with Crippen molar-refractivity contribution < 1.29 is 14.3 Å². The van der Waals surface area contributed by atoms with Crippen LogP contribution >= 0.6 is 0 Å². The summed E-state index contributed by atoms with van der Waals surface area (Å²) in [5.41, 5.74) is 1.23. The van der Waals surface area contributed by atoms with E-state index in [0.29, 0.717) is 17.1 Å². The molecule has 0 aromatic carbocycles. The Hall–Kier alpha value is -2.19. The predicted molar refractivity (Wildman–Crippen MR) is 107 cm³/mol. The van der Waals surface area contributed by atoms with Crippen LogP contribution in [0.2, 0.25) is 0 Å². The number of nitrogens with one attached hydrogen (secondary N) is 1. The Labute approximate surface area is 165 Å². The van der Waals surface area contributed by atoms with Crippen LogP contribution in [0.25, 0.3) is 0 Å². The number of carbonyl (C=O) groups excluding carboxylic acids is 2. The van der Waals surface area contributed by atoms with Gasteiger partial charge in [-0.25, -0.2) is 4.98 Å². The lowest BCUT2D eigenvalue weighted by atomic mass is 9.98. The molecule has 4 rings (SSSR count). The minimum absolute atomic E-state index is 0.0217. The Morgan fingerprint density at radius 3 is 2.93 bits per heavy atom. The van der Waals surface area contributed by atoms with Gasteiger partial charge in [0, 0.05) is 45.5 Å². The van der Waals surface area contributed by atoms with Crippen LogP contribution in [-0.2, 0) is 9.53 Å². The second-order valence-electron chi connectivity index (χ2n) is 7.79. The maximum Gasteiger partial charge on any atom is 0.255 e. The van der Waals surface area contributed by atoms with Gasteiger partial charge in [0.1, 0.15) is 5.82 Å². The quantitative estimate of drug-likeness (QED) is 0.836. The smallest absolute Gasteiger partial charge is 0.255 e. The highest BCUT2D eigenvalue weighted by atomic mass is 16.5. The first-order chi connectivity index (χ1) is 13.6. The van der Waals surface area contributed by atoms with Crippen molar-refractivity contribution in [3.8, 4) is 0 Å². The predicted octanol–water partition coefficient (Wildman–Crippen LogP) is 1.19. The van der Waals surface area contributed by atoms with Crippen LogP contribution in [0.4, 0.5) is 11.5 Å². The monoisotopic (exact) mass is 387 g/mol. The van der Waals surface area contributed by atoms with Crippen molar-refractivity contribution in [3.05, 3.63) is 17.8 Å². The molecule has 8 heteroatoms. The van der Waals surface area contributed by atoms with Crippen LogP contribution in [-0.4, -0.2) is 85.6 Å². The van der Waals surface area contributed by atoms with E-state index in [1.54, 1.807) is 24.2 Å². The lowest BCUT2D eigenvalue weighted by Crippen LogP contribution is -2.46. The molecule has 0 saturated carbocycles. The van der Waals surface area contributed by atoms with Gasteiger partial charge in [0.2, 0.25) is 5.91 Å². The molecule has 1 aromatic rings. The van der Waals surface area contributed by atoms with Crippen molar-refractivity contribution in [3.63, 3.8) is 0 Å². The fourth-order valence-corrected chi connectivity index (χ4v) is 4.26. The number of hydrogen-bond donors (Lipinski definition) is 1. The van der Waals surface area contributed by atoms with Gasteiger partial charge in [-0.1, -0.05) is 0 Å². The number of anilines is 2. The van der Waals surface area contributed by atoms with Crippen molar-refractivity contribution in [2.75, 3.05) is 63.2 Å². The fourth-order valence-electron chi connectivity index (χ4n) is 4.26. The van der Waals surface area contributed by atoms with Gasteiger partial charge in [0.05, 0.1) is 31.0 Å². The van der Waals surface area contributed by atoms with E-state index in [4.69, 9.17) is 4.74 Å². The number of ether oxygens (including phenoxy) is 1. The molecule has 1 aromatic heterocycles. The maximum absolute atomic E-state index is 13.3. The van der Waals surface area contributed by atoms with Crippen LogP contribution in [0.15, 0.2) is 12.3 Å². The molecule has 2 amide bonds. The van der Waals surface area contributed by atoms with Crippen molar-refractivity contribution in [2.45, 2.75) is 31.7 Å². The van der Waals surface area contributed by atoms with Crippen molar-refractivity contribution in [1.29, 1.82) is 0 Å². The molecule has 2 saturated heterocycles. The highest BCUT2D eigenvalue weighted by molar-refractivity contribution is 6.03. The molecule has 3 aliphatic rings. The Kier molecular flexibility index (Phi) is 5.77. The summed E-state index contributed by atoms with van der Waals surface area (Å²) in [6, 6.07) is 2.06. The van der Waals surface area contributed by atoms with E-state index in [2.05, 4.69) is 15.2 Å². The molecule has 2 fully saturated rings. The molecular formula is C20H29N5O3. The van der Waals surface area contributed by atoms with Crippen LogP contribution in [0, 0.1) is 0 Å². The average Bonchev–Trinajstić information content (AvgIpc) is 2.75. The number of fused-ring (bicyclic) bond motifs is 1. The number of morpholine rings is 1. The number of amides is 2. The SMILES string of the molecule is CN1C(=O)CNc2ncc(C(=O)N3CCCCC3CCN3CCOCC3)cc21. The zero-order chi connectivity index (χ0) is 19.5. The van der Waals surface area contributed by atoms with Crippen LogP contribution < -0.4 is 10.2 Å². The van der Waals surface area contributed by atoms with Gasteiger partial charge < -0.3 is 19.9 Å². The fraction of sp³-hybridized carbons (Fsp3) is 0.650. The maximum atomic E-state index is 13.3. The summed E-state index contributed by atoms with van der Waals surface area (Å²) in [5, 5.41) is 3.01. The second-order valence-corrected chi connectivity index (χ2v) is 7.79. The zero-order valence-corrected chi connectivity index (χ0v) is 16.5. The van der Waals surface area contributed by atoms with E-state index >= 15 is 0 Å². The Morgan fingerprint density at radius 1 is 1.29 bits per heavy atom. The molecule has 8 nitrogen and oxygen atoms in total. The van der Waals surface area contributed by atoms with Gasteiger partial charge in [0.25, 0.3) is 5.91 Å². The summed E-state index contributed by atoms with van der Waals surface area (Å²) >= 11 is 0. The Morgan fingerprint density at radius 2 is 2.11 bits per heavy atom. The third-order valence-corrected chi connectivity index (χ3v) is 6.03. The number of rotatable bonds is 4. The second kappa shape index (κ2) is 8.45. The normalized spacial score (nSPS) is 23.3. The summed E-state index contributed by atoms with van der Waals surface area (Å²) in [4.78, 5) is 35.6. The van der Waals surface area contributed by atoms with E-state index in [0.717, 1.165) is 58.7 Å². The molecule has 3 aliphatic heterocycles. The molecule has 0 radical (unpaired) electrons. The van der Waals surface area contributed by atoms with Gasteiger partial charge in [-0.05, 0) is 31.7 Å². The first kappa shape index (κ1) is 19.1. The number of pyridine rings is 1. The minimum atomic E-state index is -0.0275. The third kappa shape index (κ3) is 3.98. The summed E-state index contributed by atoms with van der Waals surface area (Å²) < 4.78 is 5.42. The van der Waals surface area contributed by atoms with E-state index < -0.39 is 0 Å². The Bertz CT molecular complexity index is 735. The lowest BCUT2D eigenvalue weighted by molar-refractivity contribution is -0.116. The number of likely N-dealkylation sites (tertiary alicyclic amines) is 1. The number of carbonyl (C=O) groups is 2. The van der Waals surface area contributed by atoms with Crippen LogP contribution in [0.3, 0.4) is 0 Å². The topological polar surface area (TPSA) is 78.0 Å². The van der Waals surface area contributed by atoms with Gasteiger partial charge in [-0.15, -0.1) is 0 Å².